The number of nitrogens with zero attached hydrogens (tertiary/aromatic N) is 3. The molecule has 0 radical (unpaired) electrons. The second-order valence-corrected chi connectivity index (χ2v) is 4.56. The molecule has 0 aromatic carbocycles. The Morgan fingerprint density at radius 1 is 1.47 bits per heavy atom. The number of aliphatic carboxylic acids is 1. The highest BCUT2D eigenvalue weighted by Crippen LogP contribution is 2.21. The van der Waals surface area contributed by atoms with Crippen molar-refractivity contribution in [1.82, 2.24) is 14.7 Å². The molecular formula is C12H17N3O4. The van der Waals surface area contributed by atoms with Gasteiger partial charge in [0.2, 0.25) is 0 Å². The number of carboxylic acid groups (broad SMARTS) is 1. The molecule has 1 aromatic rings. The molecule has 7 nitrogen and oxygen atoms in total. The van der Waals surface area contributed by atoms with E-state index in [0.717, 1.165) is 0 Å². The number of hydrogen-bond donors (Lipinski definition) is 1. The first-order valence-corrected chi connectivity index (χ1v) is 6.18. The molecule has 1 saturated heterocycles. The normalized spacial score (nSPS) is 22.4. The fourth-order valence-corrected chi connectivity index (χ4v) is 2.04. The van der Waals surface area contributed by atoms with E-state index < -0.39 is 18.2 Å². The van der Waals surface area contributed by atoms with Gasteiger partial charge in [-0.1, -0.05) is 0 Å². The number of rotatable bonds is 5. The van der Waals surface area contributed by atoms with Crippen LogP contribution in [-0.4, -0.2) is 57.5 Å². The van der Waals surface area contributed by atoms with Gasteiger partial charge in [0, 0.05) is 26.0 Å². The molecule has 1 aromatic heterocycles. The van der Waals surface area contributed by atoms with Gasteiger partial charge in [-0.25, -0.2) is 4.79 Å². The summed E-state index contributed by atoms with van der Waals surface area (Å²) in [5, 5.41) is 12.9. The Hall–Kier alpha value is -1.89. The maximum absolute atomic E-state index is 12.1. The summed E-state index contributed by atoms with van der Waals surface area (Å²) < 4.78 is 6.97. The molecular weight excluding hydrogens is 250 g/mol. The summed E-state index contributed by atoms with van der Waals surface area (Å²) >= 11 is 0. The molecule has 2 heterocycles. The van der Waals surface area contributed by atoms with Crippen LogP contribution in [0.3, 0.4) is 0 Å². The van der Waals surface area contributed by atoms with E-state index in [1.807, 2.05) is 12.3 Å². The third kappa shape index (κ3) is 3.31. The topological polar surface area (TPSA) is 84.7 Å². The Kier molecular flexibility index (Phi) is 4.16. The molecule has 1 aliphatic heterocycles. The Bertz CT molecular complexity index is 446. The average Bonchev–Trinajstić information content (AvgIpc) is 3.05. The van der Waals surface area contributed by atoms with Crippen LogP contribution in [0, 0.1) is 0 Å². The smallest absolute Gasteiger partial charge is 0.332 e. The molecule has 0 aliphatic carbocycles. The SMILES string of the molecule is CN(CCn1cccn1)C(=O)[C@@H]1CC[C@H](C(=O)O)O1. The largest absolute Gasteiger partial charge is 0.479 e. The van der Waals surface area contributed by atoms with E-state index in [0.29, 0.717) is 25.9 Å². The number of amides is 1. The number of carbonyl (C=O) groups excluding carboxylic acids is 1. The molecule has 2 rings (SSSR count). The Morgan fingerprint density at radius 2 is 2.21 bits per heavy atom. The van der Waals surface area contributed by atoms with Crippen LogP contribution in [0.2, 0.25) is 0 Å². The summed E-state index contributed by atoms with van der Waals surface area (Å²) in [6.07, 6.45) is 2.86. The number of ether oxygens (including phenoxy) is 1. The van der Waals surface area contributed by atoms with Crippen LogP contribution in [0.15, 0.2) is 18.5 Å². The van der Waals surface area contributed by atoms with Crippen molar-refractivity contribution >= 4 is 11.9 Å². The maximum atomic E-state index is 12.1. The lowest BCUT2D eigenvalue weighted by molar-refractivity contribution is -0.154. The molecule has 104 valence electrons. The molecule has 1 amide bonds. The number of hydrogen-bond acceptors (Lipinski definition) is 4. The van der Waals surface area contributed by atoms with Crippen LogP contribution in [0.25, 0.3) is 0 Å². The molecule has 2 atom stereocenters. The summed E-state index contributed by atoms with van der Waals surface area (Å²) in [4.78, 5) is 24.4. The van der Waals surface area contributed by atoms with Crippen LogP contribution >= 0.6 is 0 Å². The predicted octanol–water partition coefficient (Wildman–Crippen LogP) is -0.0263. The standard InChI is InChI=1S/C12H17N3O4/c1-14(7-8-15-6-2-5-13-15)11(16)9-3-4-10(19-9)12(17)18/h2,5-6,9-10H,3-4,7-8H2,1H3,(H,17,18)/t9-,10+/m0/s1. The van der Waals surface area contributed by atoms with Gasteiger partial charge in [0.15, 0.2) is 6.10 Å². The van der Waals surface area contributed by atoms with Gasteiger partial charge in [-0.15, -0.1) is 0 Å². The highest BCUT2D eigenvalue weighted by atomic mass is 16.5. The fraction of sp³-hybridized carbons (Fsp3) is 0.583. The van der Waals surface area contributed by atoms with Crippen LogP contribution in [0.4, 0.5) is 0 Å². The second-order valence-electron chi connectivity index (χ2n) is 4.56. The monoisotopic (exact) mass is 267 g/mol. The molecule has 19 heavy (non-hydrogen) atoms. The quantitative estimate of drug-likeness (QED) is 0.810. The molecule has 1 fully saturated rings. The number of aromatic nitrogens is 2. The molecule has 7 heteroatoms. The van der Waals surface area contributed by atoms with Crippen molar-refractivity contribution in [3.05, 3.63) is 18.5 Å². The first-order chi connectivity index (χ1) is 9.08. The van der Waals surface area contributed by atoms with E-state index in [9.17, 15) is 9.59 Å². The zero-order valence-corrected chi connectivity index (χ0v) is 10.7. The second kappa shape index (κ2) is 5.83. The number of carbonyl (C=O) groups is 2. The summed E-state index contributed by atoms with van der Waals surface area (Å²) in [6.45, 7) is 1.11. The van der Waals surface area contributed by atoms with Crippen molar-refractivity contribution < 1.29 is 19.4 Å². The van der Waals surface area contributed by atoms with E-state index in [2.05, 4.69) is 5.10 Å². The summed E-state index contributed by atoms with van der Waals surface area (Å²) in [7, 11) is 1.68. The minimum atomic E-state index is -1.01. The van der Waals surface area contributed by atoms with Gasteiger partial charge in [-0.2, -0.15) is 5.10 Å². The zero-order chi connectivity index (χ0) is 13.8. The lowest BCUT2D eigenvalue weighted by Gasteiger charge is -2.20. The lowest BCUT2D eigenvalue weighted by Crippen LogP contribution is -2.38. The van der Waals surface area contributed by atoms with Crippen molar-refractivity contribution in [3.8, 4) is 0 Å². The van der Waals surface area contributed by atoms with Gasteiger partial charge in [-0.05, 0) is 18.9 Å². The Morgan fingerprint density at radius 3 is 2.79 bits per heavy atom. The van der Waals surface area contributed by atoms with E-state index in [4.69, 9.17) is 9.84 Å². The third-order valence-electron chi connectivity index (χ3n) is 3.17. The summed E-state index contributed by atoms with van der Waals surface area (Å²) in [5.41, 5.74) is 0. The minimum absolute atomic E-state index is 0.170. The van der Waals surface area contributed by atoms with Gasteiger partial charge in [0.1, 0.15) is 6.10 Å². The lowest BCUT2D eigenvalue weighted by atomic mass is 10.2. The predicted molar refractivity (Wildman–Crippen MR) is 65.4 cm³/mol. The fourth-order valence-electron chi connectivity index (χ4n) is 2.04. The van der Waals surface area contributed by atoms with Crippen LogP contribution in [-0.2, 0) is 20.9 Å². The number of likely N-dealkylation sites (N-methyl/N-ethyl adjacent to an activating group) is 1. The third-order valence-corrected chi connectivity index (χ3v) is 3.17. The number of carboxylic acids is 1. The summed E-state index contributed by atoms with van der Waals surface area (Å²) in [6, 6.07) is 1.82. The van der Waals surface area contributed by atoms with Crippen molar-refractivity contribution in [2.45, 2.75) is 31.6 Å². The molecule has 0 saturated carbocycles. The van der Waals surface area contributed by atoms with Gasteiger partial charge in [-0.3, -0.25) is 9.48 Å². The maximum Gasteiger partial charge on any atom is 0.332 e. The summed E-state index contributed by atoms with van der Waals surface area (Å²) in [5.74, 6) is -1.18. The molecule has 1 aliphatic rings. The van der Waals surface area contributed by atoms with Gasteiger partial charge >= 0.3 is 5.97 Å². The Balaban J connectivity index is 1.81. The highest BCUT2D eigenvalue weighted by Gasteiger charge is 2.35. The molecule has 1 N–H and O–H groups in total. The van der Waals surface area contributed by atoms with Gasteiger partial charge in [0.25, 0.3) is 5.91 Å². The van der Waals surface area contributed by atoms with Crippen LogP contribution < -0.4 is 0 Å². The molecule has 0 spiro atoms. The first-order valence-electron chi connectivity index (χ1n) is 6.18. The first kappa shape index (κ1) is 13.5. The zero-order valence-electron chi connectivity index (χ0n) is 10.7. The van der Waals surface area contributed by atoms with Crippen molar-refractivity contribution in [2.24, 2.45) is 0 Å². The van der Waals surface area contributed by atoms with Crippen LogP contribution in [0.5, 0.6) is 0 Å². The molecule has 0 bridgehead atoms. The van der Waals surface area contributed by atoms with E-state index >= 15 is 0 Å². The van der Waals surface area contributed by atoms with Gasteiger partial charge < -0.3 is 14.7 Å². The van der Waals surface area contributed by atoms with Crippen molar-refractivity contribution in [1.29, 1.82) is 0 Å². The van der Waals surface area contributed by atoms with E-state index in [1.165, 1.54) is 0 Å². The minimum Gasteiger partial charge on any atom is -0.479 e. The van der Waals surface area contributed by atoms with Crippen LogP contribution in [0.1, 0.15) is 12.8 Å². The van der Waals surface area contributed by atoms with Gasteiger partial charge in [0.05, 0.1) is 6.54 Å². The van der Waals surface area contributed by atoms with Crippen molar-refractivity contribution in [3.63, 3.8) is 0 Å². The van der Waals surface area contributed by atoms with E-state index in [-0.39, 0.29) is 5.91 Å². The molecule has 0 unspecified atom stereocenters. The van der Waals surface area contributed by atoms with Crippen molar-refractivity contribution in [2.75, 3.05) is 13.6 Å². The van der Waals surface area contributed by atoms with E-state index in [1.54, 1.807) is 22.8 Å². The highest BCUT2D eigenvalue weighted by molar-refractivity contribution is 5.82. The average molecular weight is 267 g/mol. The Labute approximate surface area is 110 Å².